The van der Waals surface area contributed by atoms with E-state index in [0.29, 0.717) is 12.2 Å². The summed E-state index contributed by atoms with van der Waals surface area (Å²) in [5.74, 6) is 3.09. The molecule has 1 saturated heterocycles. The highest BCUT2D eigenvalue weighted by atomic mass is 16.5. The summed E-state index contributed by atoms with van der Waals surface area (Å²) in [6, 6.07) is 19.7. The lowest BCUT2D eigenvalue weighted by atomic mass is 9.85. The second-order valence-electron chi connectivity index (χ2n) is 8.46. The van der Waals surface area contributed by atoms with Crippen molar-refractivity contribution < 1.29 is 9.53 Å². The standard InChI is InChI=1S/C26H23N5O2/c32-24(16-20-18-6-1-3-9-22(18)33-23-10-4-2-7-19(20)23)31-15-5-8-21(31)26-28-25(29-30-26)17-11-13-27-14-12-17/h1-4,6-7,9-14,20-21H,5,8,15-16H2,(H,28,29,30)/t21-/m1/s1. The minimum absolute atomic E-state index is 0.0398. The molecule has 7 heteroatoms. The van der Waals surface area contributed by atoms with Gasteiger partial charge in [0.15, 0.2) is 5.82 Å². The minimum Gasteiger partial charge on any atom is -0.457 e. The third kappa shape index (κ3) is 3.55. The number of aromatic nitrogens is 4. The van der Waals surface area contributed by atoms with Crippen molar-refractivity contribution in [1.29, 1.82) is 0 Å². The van der Waals surface area contributed by atoms with Gasteiger partial charge in [-0.1, -0.05) is 36.4 Å². The average molecular weight is 438 g/mol. The van der Waals surface area contributed by atoms with Crippen LogP contribution in [-0.2, 0) is 4.79 Å². The van der Waals surface area contributed by atoms with Crippen molar-refractivity contribution in [1.82, 2.24) is 25.1 Å². The summed E-state index contributed by atoms with van der Waals surface area (Å²) in [6.45, 7) is 0.724. The van der Waals surface area contributed by atoms with Gasteiger partial charge in [-0.3, -0.25) is 14.9 Å². The van der Waals surface area contributed by atoms with Gasteiger partial charge in [-0.2, -0.15) is 5.10 Å². The van der Waals surface area contributed by atoms with Gasteiger partial charge in [-0.05, 0) is 37.1 Å². The maximum absolute atomic E-state index is 13.6. The van der Waals surface area contributed by atoms with E-state index in [0.717, 1.165) is 53.4 Å². The number of H-pyrrole nitrogens is 1. The topological polar surface area (TPSA) is 84.0 Å². The van der Waals surface area contributed by atoms with Gasteiger partial charge in [0.2, 0.25) is 5.91 Å². The van der Waals surface area contributed by atoms with Crippen LogP contribution in [0, 0.1) is 0 Å². The molecule has 0 aliphatic carbocycles. The largest absolute Gasteiger partial charge is 0.457 e. The first kappa shape index (κ1) is 19.7. The first-order valence-corrected chi connectivity index (χ1v) is 11.3. The van der Waals surface area contributed by atoms with Crippen LogP contribution in [0.2, 0.25) is 0 Å². The number of benzene rings is 2. The Morgan fingerprint density at radius 3 is 2.42 bits per heavy atom. The van der Waals surface area contributed by atoms with Crippen molar-refractivity contribution in [3.8, 4) is 22.9 Å². The van der Waals surface area contributed by atoms with Crippen molar-refractivity contribution in [3.63, 3.8) is 0 Å². The van der Waals surface area contributed by atoms with Gasteiger partial charge in [0.1, 0.15) is 17.3 Å². The third-order valence-electron chi connectivity index (χ3n) is 6.52. The van der Waals surface area contributed by atoms with E-state index >= 15 is 0 Å². The van der Waals surface area contributed by atoms with Crippen molar-refractivity contribution in [3.05, 3.63) is 90.0 Å². The Morgan fingerprint density at radius 2 is 1.70 bits per heavy atom. The molecule has 164 valence electrons. The van der Waals surface area contributed by atoms with E-state index in [2.05, 4.69) is 27.3 Å². The Balaban J connectivity index is 1.27. The highest BCUT2D eigenvalue weighted by Gasteiger charge is 2.36. The van der Waals surface area contributed by atoms with Crippen LogP contribution < -0.4 is 4.74 Å². The van der Waals surface area contributed by atoms with Crippen LogP contribution >= 0.6 is 0 Å². The van der Waals surface area contributed by atoms with Crippen molar-refractivity contribution in [2.75, 3.05) is 6.54 Å². The number of hydrogen-bond acceptors (Lipinski definition) is 5. The summed E-state index contributed by atoms with van der Waals surface area (Å²) in [6.07, 6.45) is 5.65. The number of carbonyl (C=O) groups is 1. The lowest BCUT2D eigenvalue weighted by Gasteiger charge is -2.30. The third-order valence-corrected chi connectivity index (χ3v) is 6.52. The average Bonchev–Trinajstić information content (AvgIpc) is 3.54. The molecule has 33 heavy (non-hydrogen) atoms. The van der Waals surface area contributed by atoms with E-state index in [-0.39, 0.29) is 17.9 Å². The fourth-order valence-electron chi connectivity index (χ4n) is 4.92. The van der Waals surface area contributed by atoms with Crippen LogP contribution in [0.4, 0.5) is 0 Å². The zero-order chi connectivity index (χ0) is 22.2. The highest BCUT2D eigenvalue weighted by molar-refractivity contribution is 5.79. The van der Waals surface area contributed by atoms with Crippen LogP contribution in [0.3, 0.4) is 0 Å². The van der Waals surface area contributed by atoms with E-state index in [9.17, 15) is 4.79 Å². The van der Waals surface area contributed by atoms with Crippen molar-refractivity contribution >= 4 is 5.91 Å². The van der Waals surface area contributed by atoms with Gasteiger partial charge in [-0.25, -0.2) is 4.98 Å². The molecule has 6 rings (SSSR count). The Bertz CT molecular complexity index is 1260. The lowest BCUT2D eigenvalue weighted by Crippen LogP contribution is -2.32. The molecule has 0 saturated carbocycles. The molecule has 1 N–H and O–H groups in total. The van der Waals surface area contributed by atoms with Crippen LogP contribution in [0.25, 0.3) is 11.4 Å². The molecular weight excluding hydrogens is 414 g/mol. The zero-order valence-electron chi connectivity index (χ0n) is 18.0. The normalized spacial score (nSPS) is 17.3. The van der Waals surface area contributed by atoms with Crippen LogP contribution in [0.5, 0.6) is 11.5 Å². The van der Waals surface area contributed by atoms with E-state index in [1.54, 1.807) is 12.4 Å². The second kappa shape index (κ2) is 8.16. The molecule has 7 nitrogen and oxygen atoms in total. The molecule has 0 radical (unpaired) electrons. The molecule has 2 aromatic heterocycles. The van der Waals surface area contributed by atoms with Gasteiger partial charge >= 0.3 is 0 Å². The molecule has 1 amide bonds. The van der Waals surface area contributed by atoms with Gasteiger partial charge < -0.3 is 9.64 Å². The van der Waals surface area contributed by atoms with Crippen LogP contribution in [0.1, 0.15) is 48.2 Å². The number of pyridine rings is 1. The van der Waals surface area contributed by atoms with E-state index in [1.807, 2.05) is 53.4 Å². The maximum Gasteiger partial charge on any atom is 0.224 e. The zero-order valence-corrected chi connectivity index (χ0v) is 18.0. The van der Waals surface area contributed by atoms with Gasteiger partial charge in [-0.15, -0.1) is 0 Å². The molecule has 2 aromatic carbocycles. The summed E-state index contributed by atoms with van der Waals surface area (Å²) in [7, 11) is 0. The molecular formula is C26H23N5O2. The molecule has 1 atom stereocenters. The molecule has 2 aliphatic heterocycles. The molecule has 0 unspecified atom stereocenters. The smallest absolute Gasteiger partial charge is 0.224 e. The summed E-state index contributed by atoms with van der Waals surface area (Å²) in [4.78, 5) is 24.3. The number of carbonyl (C=O) groups excluding carboxylic acids is 1. The molecule has 0 bridgehead atoms. The Hall–Kier alpha value is -4.00. The summed E-state index contributed by atoms with van der Waals surface area (Å²) in [5.41, 5.74) is 3.01. The maximum atomic E-state index is 13.6. The van der Waals surface area contributed by atoms with Crippen LogP contribution in [0.15, 0.2) is 73.1 Å². The predicted molar refractivity (Wildman–Crippen MR) is 123 cm³/mol. The summed E-state index contributed by atoms with van der Waals surface area (Å²) >= 11 is 0. The molecule has 2 aliphatic rings. The number of para-hydroxylation sites is 2. The number of rotatable bonds is 4. The quantitative estimate of drug-likeness (QED) is 0.493. The fraction of sp³-hybridized carbons (Fsp3) is 0.231. The Kier molecular flexibility index (Phi) is 4.87. The monoisotopic (exact) mass is 437 g/mol. The molecule has 4 aromatic rings. The van der Waals surface area contributed by atoms with Crippen molar-refractivity contribution in [2.24, 2.45) is 0 Å². The number of amides is 1. The minimum atomic E-state index is -0.0917. The number of ether oxygens (including phenoxy) is 1. The van der Waals surface area contributed by atoms with Crippen molar-refractivity contribution in [2.45, 2.75) is 31.2 Å². The summed E-state index contributed by atoms with van der Waals surface area (Å²) in [5, 5.41) is 7.45. The first-order chi connectivity index (χ1) is 16.3. The van der Waals surface area contributed by atoms with E-state index in [4.69, 9.17) is 9.72 Å². The van der Waals surface area contributed by atoms with E-state index < -0.39 is 0 Å². The number of nitrogens with zero attached hydrogens (tertiary/aromatic N) is 4. The number of hydrogen-bond donors (Lipinski definition) is 1. The van der Waals surface area contributed by atoms with Gasteiger partial charge in [0.25, 0.3) is 0 Å². The fourth-order valence-corrected chi connectivity index (χ4v) is 4.92. The molecule has 0 spiro atoms. The number of nitrogens with one attached hydrogen (secondary N) is 1. The Morgan fingerprint density at radius 1 is 1.00 bits per heavy atom. The number of aromatic amines is 1. The predicted octanol–water partition coefficient (Wildman–Crippen LogP) is 4.86. The van der Waals surface area contributed by atoms with Gasteiger partial charge in [0, 0.05) is 48.0 Å². The lowest BCUT2D eigenvalue weighted by molar-refractivity contribution is -0.132. The number of fused-ring (bicyclic) bond motifs is 2. The van der Waals surface area contributed by atoms with Crippen LogP contribution in [-0.4, -0.2) is 37.5 Å². The first-order valence-electron chi connectivity index (χ1n) is 11.3. The van der Waals surface area contributed by atoms with Gasteiger partial charge in [0.05, 0.1) is 6.04 Å². The Labute approximate surface area is 191 Å². The van der Waals surface area contributed by atoms with E-state index in [1.165, 1.54) is 0 Å². The number of likely N-dealkylation sites (tertiary alicyclic amines) is 1. The molecule has 4 heterocycles. The SMILES string of the molecule is O=C(CC1c2ccccc2Oc2ccccc21)N1CCC[C@@H]1c1nc(-c2ccncc2)n[nH]1. The molecule has 1 fully saturated rings. The second-order valence-corrected chi connectivity index (χ2v) is 8.46. The highest BCUT2D eigenvalue weighted by Crippen LogP contribution is 2.46. The summed E-state index contributed by atoms with van der Waals surface area (Å²) < 4.78 is 6.10.